The topological polar surface area (TPSA) is 21.3 Å². The van der Waals surface area contributed by atoms with E-state index in [1.807, 2.05) is 6.92 Å². The number of hydrogen-bond acceptors (Lipinski definition) is 2. The highest BCUT2D eigenvalue weighted by atomic mass is 79.9. The molecule has 0 aliphatic heterocycles. The van der Waals surface area contributed by atoms with Crippen LogP contribution in [0.5, 0.6) is 0 Å². The largest absolute Gasteiger partial charge is 0.383 e. The summed E-state index contributed by atoms with van der Waals surface area (Å²) in [7, 11) is 1.62. The molecule has 1 rings (SSSR count). The van der Waals surface area contributed by atoms with Gasteiger partial charge >= 0.3 is 0 Å². The lowest BCUT2D eigenvalue weighted by Crippen LogP contribution is -2.21. The number of hydrogen-bond donors (Lipinski definition) is 1. The first-order chi connectivity index (χ1) is 6.63. The Bertz CT molecular complexity index is 306. The van der Waals surface area contributed by atoms with Gasteiger partial charge in [0.15, 0.2) is 0 Å². The summed E-state index contributed by atoms with van der Waals surface area (Å²) in [6, 6.07) is 4.89. The zero-order chi connectivity index (χ0) is 10.6. The van der Waals surface area contributed by atoms with Gasteiger partial charge in [-0.2, -0.15) is 0 Å². The van der Waals surface area contributed by atoms with Gasteiger partial charge in [0.05, 0.1) is 12.3 Å². The van der Waals surface area contributed by atoms with Gasteiger partial charge in [-0.15, -0.1) is 0 Å². The summed E-state index contributed by atoms with van der Waals surface area (Å²) < 4.78 is 19.0. The average Bonchev–Trinajstić information content (AvgIpc) is 2.12. The van der Waals surface area contributed by atoms with Crippen LogP contribution in [-0.4, -0.2) is 19.8 Å². The molecule has 0 fully saturated rings. The van der Waals surface area contributed by atoms with Crippen molar-refractivity contribution in [2.45, 2.75) is 13.0 Å². The van der Waals surface area contributed by atoms with Gasteiger partial charge in [-0.05, 0) is 25.1 Å². The molecule has 0 bridgehead atoms. The van der Waals surface area contributed by atoms with Crippen LogP contribution in [-0.2, 0) is 4.74 Å². The van der Waals surface area contributed by atoms with Crippen molar-refractivity contribution in [2.75, 3.05) is 19.0 Å². The van der Waals surface area contributed by atoms with Crippen LogP contribution in [0.25, 0.3) is 0 Å². The predicted octanol–water partition coefficient (Wildman–Crippen LogP) is 3.04. The Labute approximate surface area is 91.6 Å². The molecule has 1 N–H and O–H groups in total. The highest BCUT2D eigenvalue weighted by Gasteiger charge is 2.06. The molecule has 0 saturated carbocycles. The van der Waals surface area contributed by atoms with Crippen LogP contribution in [0.2, 0.25) is 0 Å². The second-order valence-electron chi connectivity index (χ2n) is 3.12. The Morgan fingerprint density at radius 2 is 2.29 bits per heavy atom. The van der Waals surface area contributed by atoms with Crippen molar-refractivity contribution in [3.63, 3.8) is 0 Å². The minimum absolute atomic E-state index is 0.0869. The molecule has 1 aromatic carbocycles. The summed E-state index contributed by atoms with van der Waals surface area (Å²) in [5.41, 5.74) is 0.490. The lowest BCUT2D eigenvalue weighted by atomic mass is 10.2. The zero-order valence-corrected chi connectivity index (χ0v) is 9.77. The van der Waals surface area contributed by atoms with Crippen LogP contribution in [0.1, 0.15) is 6.92 Å². The van der Waals surface area contributed by atoms with Crippen molar-refractivity contribution in [3.8, 4) is 0 Å². The number of anilines is 1. The van der Waals surface area contributed by atoms with Crippen LogP contribution < -0.4 is 5.32 Å². The first-order valence-corrected chi connectivity index (χ1v) is 5.13. The van der Waals surface area contributed by atoms with E-state index in [0.717, 1.165) is 4.47 Å². The summed E-state index contributed by atoms with van der Waals surface area (Å²) >= 11 is 3.29. The third-order valence-corrected chi connectivity index (χ3v) is 2.24. The lowest BCUT2D eigenvalue weighted by molar-refractivity contribution is 0.190. The number of halogens is 2. The minimum atomic E-state index is -0.254. The molecule has 0 heterocycles. The van der Waals surface area contributed by atoms with Gasteiger partial charge in [-0.1, -0.05) is 15.9 Å². The molecule has 14 heavy (non-hydrogen) atoms. The molecule has 0 amide bonds. The van der Waals surface area contributed by atoms with Crippen molar-refractivity contribution < 1.29 is 9.13 Å². The maximum absolute atomic E-state index is 13.2. The second-order valence-corrected chi connectivity index (χ2v) is 4.04. The third-order valence-electron chi connectivity index (χ3n) is 1.75. The normalized spacial score (nSPS) is 12.6. The molecule has 2 nitrogen and oxygen atoms in total. The molecule has 0 spiro atoms. The molecule has 78 valence electrons. The fraction of sp³-hybridized carbons (Fsp3) is 0.400. The van der Waals surface area contributed by atoms with Gasteiger partial charge in [0.2, 0.25) is 0 Å². The minimum Gasteiger partial charge on any atom is -0.383 e. The van der Waals surface area contributed by atoms with Crippen molar-refractivity contribution in [3.05, 3.63) is 28.5 Å². The Hall–Kier alpha value is -0.610. The fourth-order valence-electron chi connectivity index (χ4n) is 1.17. The molecule has 4 heteroatoms. The first-order valence-electron chi connectivity index (χ1n) is 4.34. The predicted molar refractivity (Wildman–Crippen MR) is 59.1 cm³/mol. The molecule has 0 aliphatic rings. The summed E-state index contributed by atoms with van der Waals surface area (Å²) in [6.45, 7) is 2.48. The van der Waals surface area contributed by atoms with Crippen molar-refractivity contribution in [1.29, 1.82) is 0 Å². The van der Waals surface area contributed by atoms with Crippen molar-refractivity contribution in [2.24, 2.45) is 0 Å². The Kier molecular flexibility index (Phi) is 4.35. The quantitative estimate of drug-likeness (QED) is 0.900. The van der Waals surface area contributed by atoms with Gasteiger partial charge in [-0.3, -0.25) is 0 Å². The van der Waals surface area contributed by atoms with Gasteiger partial charge in [0, 0.05) is 17.6 Å². The van der Waals surface area contributed by atoms with Crippen LogP contribution >= 0.6 is 15.9 Å². The smallest absolute Gasteiger partial charge is 0.146 e. The van der Waals surface area contributed by atoms with Crippen molar-refractivity contribution >= 4 is 21.6 Å². The summed E-state index contributed by atoms with van der Waals surface area (Å²) in [4.78, 5) is 0. The molecule has 0 aliphatic carbocycles. The van der Waals surface area contributed by atoms with Gasteiger partial charge in [-0.25, -0.2) is 4.39 Å². The molecule has 1 unspecified atom stereocenters. The molecular formula is C10H13BrFNO. The van der Waals surface area contributed by atoms with E-state index in [9.17, 15) is 4.39 Å². The van der Waals surface area contributed by atoms with Gasteiger partial charge in [0.1, 0.15) is 5.82 Å². The van der Waals surface area contributed by atoms with E-state index in [4.69, 9.17) is 4.74 Å². The standard InChI is InChI=1S/C10H13BrFNO/c1-7(6-14-2)13-10-5-8(11)3-4-9(10)12/h3-5,7,13H,6H2,1-2H3. The number of nitrogens with one attached hydrogen (secondary N) is 1. The summed E-state index contributed by atoms with van der Waals surface area (Å²) in [5.74, 6) is -0.254. The van der Waals surface area contributed by atoms with Crippen LogP contribution in [0.4, 0.5) is 10.1 Å². The lowest BCUT2D eigenvalue weighted by Gasteiger charge is -2.14. The molecule has 0 saturated heterocycles. The fourth-order valence-corrected chi connectivity index (χ4v) is 1.53. The van der Waals surface area contributed by atoms with E-state index in [2.05, 4.69) is 21.2 Å². The third kappa shape index (κ3) is 3.27. The maximum Gasteiger partial charge on any atom is 0.146 e. The zero-order valence-electron chi connectivity index (χ0n) is 8.18. The molecule has 0 aromatic heterocycles. The van der Waals surface area contributed by atoms with E-state index >= 15 is 0 Å². The SMILES string of the molecule is COCC(C)Nc1cc(Br)ccc1F. The Morgan fingerprint density at radius 1 is 1.57 bits per heavy atom. The number of benzene rings is 1. The van der Waals surface area contributed by atoms with E-state index in [1.165, 1.54) is 6.07 Å². The highest BCUT2D eigenvalue weighted by molar-refractivity contribution is 9.10. The molecular weight excluding hydrogens is 249 g/mol. The number of ether oxygens (including phenoxy) is 1. The van der Waals surface area contributed by atoms with E-state index in [1.54, 1.807) is 19.2 Å². The number of methoxy groups -OCH3 is 1. The van der Waals surface area contributed by atoms with Crippen LogP contribution in [0, 0.1) is 5.82 Å². The van der Waals surface area contributed by atoms with Crippen molar-refractivity contribution in [1.82, 2.24) is 0 Å². The summed E-state index contributed by atoms with van der Waals surface area (Å²) in [5, 5.41) is 3.02. The maximum atomic E-state index is 13.2. The second kappa shape index (κ2) is 5.32. The highest BCUT2D eigenvalue weighted by Crippen LogP contribution is 2.20. The Balaban J connectivity index is 2.70. The van der Waals surface area contributed by atoms with Crippen LogP contribution in [0.15, 0.2) is 22.7 Å². The Morgan fingerprint density at radius 3 is 2.93 bits per heavy atom. The number of rotatable bonds is 4. The molecule has 0 radical (unpaired) electrons. The van der Waals surface area contributed by atoms with Crippen LogP contribution in [0.3, 0.4) is 0 Å². The van der Waals surface area contributed by atoms with E-state index in [-0.39, 0.29) is 11.9 Å². The first kappa shape index (κ1) is 11.5. The molecule has 1 atom stereocenters. The average molecular weight is 262 g/mol. The van der Waals surface area contributed by atoms with E-state index in [0.29, 0.717) is 12.3 Å². The van der Waals surface area contributed by atoms with Gasteiger partial charge in [0.25, 0.3) is 0 Å². The van der Waals surface area contributed by atoms with Gasteiger partial charge < -0.3 is 10.1 Å². The summed E-state index contributed by atoms with van der Waals surface area (Å²) in [6.07, 6.45) is 0. The monoisotopic (exact) mass is 261 g/mol. The molecule has 1 aromatic rings. The van der Waals surface area contributed by atoms with E-state index < -0.39 is 0 Å².